The highest BCUT2D eigenvalue weighted by atomic mass is 35.5. The molecule has 0 saturated carbocycles. The van der Waals surface area contributed by atoms with Crippen molar-refractivity contribution in [2.24, 2.45) is 10.7 Å². The molecule has 2 N–H and O–H groups in total. The van der Waals surface area contributed by atoms with Crippen LogP contribution in [0.25, 0.3) is 0 Å². The summed E-state index contributed by atoms with van der Waals surface area (Å²) in [6, 6.07) is 0.242. The number of aliphatic imine (C=N–C) groups is 1. The lowest BCUT2D eigenvalue weighted by atomic mass is 10.4. The summed E-state index contributed by atoms with van der Waals surface area (Å²) in [7, 11) is 0. The van der Waals surface area contributed by atoms with Crippen LogP contribution in [0.3, 0.4) is 0 Å². The quantitative estimate of drug-likeness (QED) is 0.596. The van der Waals surface area contributed by atoms with E-state index in [0.717, 1.165) is 0 Å². The number of nitrogens with two attached hydrogens (primary N) is 1. The Morgan fingerprint density at radius 2 is 2.17 bits per heavy atom. The molecule has 0 bridgehead atoms. The molecule has 0 spiro atoms. The van der Waals surface area contributed by atoms with Crippen molar-refractivity contribution in [3.8, 4) is 0 Å². The molecule has 12 heavy (non-hydrogen) atoms. The molecule has 0 fully saturated rings. The predicted octanol–water partition coefficient (Wildman–Crippen LogP) is 2.62. The van der Waals surface area contributed by atoms with E-state index in [1.165, 1.54) is 11.8 Å². The first-order chi connectivity index (χ1) is 5.02. The maximum atomic E-state index is 5.54. The molecule has 0 aliphatic carbocycles. The zero-order valence-corrected chi connectivity index (χ0v) is 9.60. The van der Waals surface area contributed by atoms with E-state index in [2.05, 4.69) is 11.6 Å². The van der Waals surface area contributed by atoms with Crippen LogP contribution in [0.2, 0.25) is 0 Å². The number of rotatable bonds is 3. The highest BCUT2D eigenvalue weighted by Gasteiger charge is 1.96. The zero-order valence-electron chi connectivity index (χ0n) is 7.21. The lowest BCUT2D eigenvalue weighted by Crippen LogP contribution is -2.10. The first-order valence-electron chi connectivity index (χ1n) is 3.31. The monoisotopic (exact) mass is 228 g/mol. The van der Waals surface area contributed by atoms with Gasteiger partial charge in [-0.15, -0.1) is 12.4 Å². The number of nitrogens with zero attached hydrogens (tertiary/aromatic N) is 1. The van der Waals surface area contributed by atoms with Crippen molar-refractivity contribution in [1.82, 2.24) is 0 Å². The van der Waals surface area contributed by atoms with Gasteiger partial charge in [-0.05, 0) is 13.8 Å². The summed E-state index contributed by atoms with van der Waals surface area (Å²) in [6.07, 6.45) is 0. The molecule has 0 radical (unpaired) electrons. The zero-order chi connectivity index (χ0) is 8.85. The van der Waals surface area contributed by atoms with Gasteiger partial charge in [-0.25, -0.2) is 0 Å². The third-order valence-corrected chi connectivity index (χ3v) is 1.95. The molecule has 2 nitrogen and oxygen atoms in total. The van der Waals surface area contributed by atoms with Gasteiger partial charge in [0.15, 0.2) is 5.17 Å². The molecule has 0 aliphatic heterocycles. The van der Waals surface area contributed by atoms with E-state index >= 15 is 0 Å². The number of hydrogen-bond acceptors (Lipinski definition) is 2. The van der Waals surface area contributed by atoms with Gasteiger partial charge in [-0.3, -0.25) is 4.99 Å². The largest absolute Gasteiger partial charge is 0.379 e. The van der Waals surface area contributed by atoms with Crippen LogP contribution in [0.1, 0.15) is 13.8 Å². The predicted molar refractivity (Wildman–Crippen MR) is 61.5 cm³/mol. The van der Waals surface area contributed by atoms with E-state index in [9.17, 15) is 0 Å². The fourth-order valence-corrected chi connectivity index (χ4v) is 1.20. The van der Waals surface area contributed by atoms with Gasteiger partial charge in [0.1, 0.15) is 0 Å². The second-order valence-corrected chi connectivity index (χ2v) is 3.90. The van der Waals surface area contributed by atoms with Crippen LogP contribution in [0.4, 0.5) is 0 Å². The Morgan fingerprint density at radius 1 is 1.67 bits per heavy atom. The van der Waals surface area contributed by atoms with Gasteiger partial charge in [0.05, 0.1) is 0 Å². The normalized spacial score (nSPS) is 11.2. The van der Waals surface area contributed by atoms with Gasteiger partial charge in [0, 0.05) is 16.8 Å². The van der Waals surface area contributed by atoms with Crippen molar-refractivity contribution in [1.29, 1.82) is 0 Å². The standard InChI is InChI=1S/C7H13ClN2S.ClH/c1-5(2)10-7(9)11-4-6(3)8;/h5H,3-4H2,1-2H3,(H2,9,10);1H. The summed E-state index contributed by atoms with van der Waals surface area (Å²) >= 11 is 6.94. The smallest absolute Gasteiger partial charge is 0.154 e. The molecule has 0 saturated heterocycles. The number of thioether (sulfide) groups is 1. The van der Waals surface area contributed by atoms with Crippen LogP contribution in [0.5, 0.6) is 0 Å². The van der Waals surface area contributed by atoms with Crippen LogP contribution >= 0.6 is 35.8 Å². The highest BCUT2D eigenvalue weighted by molar-refractivity contribution is 8.14. The summed E-state index contributed by atoms with van der Waals surface area (Å²) in [5.41, 5.74) is 5.54. The number of amidine groups is 1. The summed E-state index contributed by atoms with van der Waals surface area (Å²) in [5, 5.41) is 1.17. The minimum absolute atomic E-state index is 0. The average molecular weight is 229 g/mol. The Kier molecular flexibility index (Phi) is 9.49. The van der Waals surface area contributed by atoms with Gasteiger partial charge >= 0.3 is 0 Å². The lowest BCUT2D eigenvalue weighted by molar-refractivity contribution is 0.838. The number of halogens is 2. The van der Waals surface area contributed by atoms with Crippen molar-refractivity contribution in [2.75, 3.05) is 5.75 Å². The van der Waals surface area contributed by atoms with Crippen LogP contribution in [0.15, 0.2) is 16.6 Å². The Bertz CT molecular complexity index is 169. The first-order valence-corrected chi connectivity index (χ1v) is 4.68. The highest BCUT2D eigenvalue weighted by Crippen LogP contribution is 2.09. The Hall–Kier alpha value is 0.140. The van der Waals surface area contributed by atoms with E-state index in [4.69, 9.17) is 17.3 Å². The third kappa shape index (κ3) is 10.1. The SMILES string of the molecule is C=C(Cl)CSC(N)=NC(C)C.Cl. The van der Waals surface area contributed by atoms with E-state index in [-0.39, 0.29) is 18.4 Å². The summed E-state index contributed by atoms with van der Waals surface area (Å²) in [6.45, 7) is 7.49. The van der Waals surface area contributed by atoms with Gasteiger partial charge in [-0.1, -0.05) is 29.9 Å². The van der Waals surface area contributed by atoms with Crippen LogP contribution in [0, 0.1) is 0 Å². The molecule has 0 amide bonds. The summed E-state index contributed by atoms with van der Waals surface area (Å²) < 4.78 is 0. The van der Waals surface area contributed by atoms with Crippen molar-refractivity contribution in [2.45, 2.75) is 19.9 Å². The minimum Gasteiger partial charge on any atom is -0.379 e. The van der Waals surface area contributed by atoms with Crippen molar-refractivity contribution < 1.29 is 0 Å². The van der Waals surface area contributed by atoms with Crippen molar-refractivity contribution in [3.63, 3.8) is 0 Å². The van der Waals surface area contributed by atoms with Crippen LogP contribution in [-0.4, -0.2) is 17.0 Å². The molecule has 0 aromatic heterocycles. The molecule has 0 heterocycles. The number of hydrogen-bond donors (Lipinski definition) is 1. The second kappa shape index (κ2) is 7.77. The molecular formula is C7H14Cl2N2S. The lowest BCUT2D eigenvalue weighted by Gasteiger charge is -2.00. The van der Waals surface area contributed by atoms with E-state index in [1.807, 2.05) is 13.8 Å². The van der Waals surface area contributed by atoms with Crippen molar-refractivity contribution in [3.05, 3.63) is 11.6 Å². The Morgan fingerprint density at radius 3 is 2.50 bits per heavy atom. The maximum Gasteiger partial charge on any atom is 0.154 e. The molecule has 0 aromatic carbocycles. The Labute approximate surface area is 89.1 Å². The molecule has 0 rings (SSSR count). The maximum absolute atomic E-state index is 5.54. The molecule has 0 unspecified atom stereocenters. The Balaban J connectivity index is 0. The van der Waals surface area contributed by atoms with E-state index in [1.54, 1.807) is 0 Å². The third-order valence-electron chi connectivity index (χ3n) is 0.762. The second-order valence-electron chi connectivity index (χ2n) is 2.37. The molecule has 5 heteroatoms. The summed E-state index contributed by atoms with van der Waals surface area (Å²) in [4.78, 5) is 4.11. The molecule has 72 valence electrons. The van der Waals surface area contributed by atoms with Gasteiger partial charge in [-0.2, -0.15) is 0 Å². The fraction of sp³-hybridized carbons (Fsp3) is 0.571. The van der Waals surface area contributed by atoms with Gasteiger partial charge in [0.25, 0.3) is 0 Å². The molecule has 0 atom stereocenters. The van der Waals surface area contributed by atoms with Gasteiger partial charge < -0.3 is 5.73 Å². The fourth-order valence-electron chi connectivity index (χ4n) is 0.444. The van der Waals surface area contributed by atoms with E-state index in [0.29, 0.717) is 16.0 Å². The first kappa shape index (κ1) is 14.7. The van der Waals surface area contributed by atoms with Crippen LogP contribution in [-0.2, 0) is 0 Å². The molecule has 0 aliphatic rings. The average Bonchev–Trinajstić information content (AvgIpc) is 1.82. The topological polar surface area (TPSA) is 38.4 Å². The molecule has 0 aromatic rings. The van der Waals surface area contributed by atoms with Crippen molar-refractivity contribution >= 4 is 40.9 Å². The van der Waals surface area contributed by atoms with Crippen LogP contribution < -0.4 is 5.73 Å². The molecular weight excluding hydrogens is 215 g/mol. The summed E-state index contributed by atoms with van der Waals surface area (Å²) in [5.74, 6) is 0.629. The van der Waals surface area contributed by atoms with E-state index < -0.39 is 0 Å². The minimum atomic E-state index is 0. The van der Waals surface area contributed by atoms with Gasteiger partial charge in [0.2, 0.25) is 0 Å².